The number of aromatic nitrogens is 2. The van der Waals surface area contributed by atoms with E-state index in [1.54, 1.807) is 6.92 Å². The van der Waals surface area contributed by atoms with E-state index in [0.29, 0.717) is 5.03 Å². The zero-order valence-electron chi connectivity index (χ0n) is 10.4. The Morgan fingerprint density at radius 1 is 1.37 bits per heavy atom. The Labute approximate surface area is 114 Å². The van der Waals surface area contributed by atoms with Crippen molar-refractivity contribution < 1.29 is 15.0 Å². The molecule has 100 valence electrons. The molecule has 2 aromatic rings. The highest BCUT2D eigenvalue weighted by Gasteiger charge is 2.22. The first-order chi connectivity index (χ1) is 9.08. The largest absolute Gasteiger partial charge is 0.480 e. The van der Waals surface area contributed by atoms with Crippen LogP contribution in [0.1, 0.15) is 13.3 Å². The number of carboxylic acids is 1. The van der Waals surface area contributed by atoms with Crippen molar-refractivity contribution in [2.45, 2.75) is 29.7 Å². The van der Waals surface area contributed by atoms with E-state index < -0.39 is 17.3 Å². The molecule has 0 spiro atoms. The second-order valence-electron chi connectivity index (χ2n) is 4.23. The molecule has 0 radical (unpaired) electrons. The Balaban J connectivity index is 2.31. The third-order valence-corrected chi connectivity index (χ3v) is 3.82. The number of hydrogen-bond acceptors (Lipinski definition) is 5. The molecular weight excluding hydrogens is 264 g/mol. The molecule has 2 rings (SSSR count). The summed E-state index contributed by atoms with van der Waals surface area (Å²) in [6.07, 6.45) is 0.936. The summed E-state index contributed by atoms with van der Waals surface area (Å²) < 4.78 is 0. The molecule has 0 aliphatic carbocycles. The summed E-state index contributed by atoms with van der Waals surface area (Å²) in [6, 6.07) is 7.44. The smallest absolute Gasteiger partial charge is 0.317 e. The van der Waals surface area contributed by atoms with Gasteiger partial charge in [0.05, 0.1) is 11.6 Å². The maximum atomic E-state index is 11.2. The van der Waals surface area contributed by atoms with E-state index >= 15 is 0 Å². The average molecular weight is 278 g/mol. The predicted octanol–water partition coefficient (Wildman–Crippen LogP) is 1.95. The summed E-state index contributed by atoms with van der Waals surface area (Å²) in [5, 5.41) is 19.3. The van der Waals surface area contributed by atoms with Crippen LogP contribution in [0.25, 0.3) is 10.9 Å². The molecule has 0 aliphatic rings. The van der Waals surface area contributed by atoms with Gasteiger partial charge in [-0.3, -0.25) is 4.79 Å². The van der Waals surface area contributed by atoms with E-state index in [4.69, 9.17) is 0 Å². The molecule has 1 heterocycles. The number of aliphatic carboxylic acids is 1. The molecule has 1 aromatic carbocycles. The molecule has 0 bridgehead atoms. The lowest BCUT2D eigenvalue weighted by atomic mass is 10.2. The number of rotatable bonds is 5. The van der Waals surface area contributed by atoms with E-state index in [0.717, 1.165) is 22.7 Å². The van der Waals surface area contributed by atoms with Crippen LogP contribution in [0.3, 0.4) is 0 Å². The molecule has 2 N–H and O–H groups in total. The van der Waals surface area contributed by atoms with Crippen LogP contribution in [-0.2, 0) is 4.79 Å². The van der Waals surface area contributed by atoms with E-state index in [1.165, 1.54) is 6.33 Å². The van der Waals surface area contributed by atoms with Gasteiger partial charge in [0.1, 0.15) is 16.6 Å². The van der Waals surface area contributed by atoms with Gasteiger partial charge in [-0.1, -0.05) is 30.0 Å². The van der Waals surface area contributed by atoms with Crippen molar-refractivity contribution in [3.8, 4) is 0 Å². The monoisotopic (exact) mass is 278 g/mol. The molecule has 0 fully saturated rings. The molecular formula is C13H14N2O3S. The van der Waals surface area contributed by atoms with Gasteiger partial charge < -0.3 is 10.2 Å². The zero-order chi connectivity index (χ0) is 13.8. The predicted molar refractivity (Wildman–Crippen MR) is 73.1 cm³/mol. The Morgan fingerprint density at radius 2 is 2.11 bits per heavy atom. The fourth-order valence-electron chi connectivity index (χ4n) is 1.72. The van der Waals surface area contributed by atoms with Crippen LogP contribution in [-0.4, -0.2) is 37.5 Å². The minimum absolute atomic E-state index is 0.179. The number of fused-ring (bicyclic) bond motifs is 1. The van der Waals surface area contributed by atoms with Crippen LogP contribution >= 0.6 is 11.8 Å². The lowest BCUT2D eigenvalue weighted by Gasteiger charge is -2.13. The summed E-state index contributed by atoms with van der Waals surface area (Å²) in [5.74, 6) is -0.950. The van der Waals surface area contributed by atoms with Crippen LogP contribution in [0, 0.1) is 0 Å². The molecule has 0 aliphatic heterocycles. The van der Waals surface area contributed by atoms with E-state index in [9.17, 15) is 15.0 Å². The summed E-state index contributed by atoms with van der Waals surface area (Å²) >= 11 is 1.14. The average Bonchev–Trinajstić information content (AvgIpc) is 2.37. The summed E-state index contributed by atoms with van der Waals surface area (Å²) in [7, 11) is 0. The van der Waals surface area contributed by atoms with Gasteiger partial charge in [0.15, 0.2) is 0 Å². The Kier molecular flexibility index (Phi) is 4.34. The maximum Gasteiger partial charge on any atom is 0.317 e. The van der Waals surface area contributed by atoms with Crippen molar-refractivity contribution in [1.82, 2.24) is 9.97 Å². The van der Waals surface area contributed by atoms with Crippen LogP contribution in [0.2, 0.25) is 0 Å². The highest BCUT2D eigenvalue weighted by atomic mass is 32.2. The molecule has 0 amide bonds. The topological polar surface area (TPSA) is 83.3 Å². The quantitative estimate of drug-likeness (QED) is 0.642. The standard InChI is InChI=1S/C13H14N2O3S/c1-8(16)6-11(13(17)18)19-12-9-4-2-3-5-10(9)14-7-15-12/h2-5,7-8,11,16H,6H2,1H3,(H,17,18). The first-order valence-corrected chi connectivity index (χ1v) is 6.73. The third-order valence-electron chi connectivity index (χ3n) is 2.59. The second kappa shape index (κ2) is 5.99. The van der Waals surface area contributed by atoms with Crippen molar-refractivity contribution in [3.63, 3.8) is 0 Å². The van der Waals surface area contributed by atoms with Gasteiger partial charge in [-0.05, 0) is 19.4 Å². The molecule has 2 atom stereocenters. The van der Waals surface area contributed by atoms with E-state index in [-0.39, 0.29) is 6.42 Å². The summed E-state index contributed by atoms with van der Waals surface area (Å²) in [6.45, 7) is 1.58. The first-order valence-electron chi connectivity index (χ1n) is 5.85. The van der Waals surface area contributed by atoms with Crippen molar-refractivity contribution in [2.75, 3.05) is 0 Å². The van der Waals surface area contributed by atoms with Crippen molar-refractivity contribution in [1.29, 1.82) is 0 Å². The van der Waals surface area contributed by atoms with Crippen molar-refractivity contribution in [3.05, 3.63) is 30.6 Å². The minimum Gasteiger partial charge on any atom is -0.480 e. The third kappa shape index (κ3) is 3.42. The lowest BCUT2D eigenvalue weighted by Crippen LogP contribution is -2.21. The van der Waals surface area contributed by atoms with Gasteiger partial charge >= 0.3 is 5.97 Å². The molecule has 19 heavy (non-hydrogen) atoms. The van der Waals surface area contributed by atoms with Crippen LogP contribution in [0.4, 0.5) is 0 Å². The Bertz CT molecular complexity index is 584. The molecule has 0 saturated carbocycles. The van der Waals surface area contributed by atoms with Gasteiger partial charge in [0.2, 0.25) is 0 Å². The normalized spacial score (nSPS) is 14.2. The number of thioether (sulfide) groups is 1. The number of benzene rings is 1. The number of carbonyl (C=O) groups is 1. The van der Waals surface area contributed by atoms with Crippen molar-refractivity contribution in [2.24, 2.45) is 0 Å². The van der Waals surface area contributed by atoms with Gasteiger partial charge in [-0.25, -0.2) is 9.97 Å². The SMILES string of the molecule is CC(O)CC(Sc1ncnc2ccccc12)C(=O)O. The summed E-state index contributed by atoms with van der Waals surface area (Å²) in [5.41, 5.74) is 0.779. The number of nitrogens with zero attached hydrogens (tertiary/aromatic N) is 2. The highest BCUT2D eigenvalue weighted by Crippen LogP contribution is 2.30. The molecule has 6 heteroatoms. The van der Waals surface area contributed by atoms with Gasteiger partial charge in [0, 0.05) is 5.39 Å². The molecule has 0 saturated heterocycles. The number of aliphatic hydroxyl groups excluding tert-OH is 1. The lowest BCUT2D eigenvalue weighted by molar-refractivity contribution is -0.136. The van der Waals surface area contributed by atoms with Gasteiger partial charge in [-0.15, -0.1) is 0 Å². The van der Waals surface area contributed by atoms with Crippen LogP contribution in [0.5, 0.6) is 0 Å². The molecule has 2 unspecified atom stereocenters. The fraction of sp³-hybridized carbons (Fsp3) is 0.308. The highest BCUT2D eigenvalue weighted by molar-refractivity contribution is 8.00. The Hall–Kier alpha value is -1.66. The molecule has 5 nitrogen and oxygen atoms in total. The number of aliphatic hydroxyl groups is 1. The number of hydrogen-bond donors (Lipinski definition) is 2. The second-order valence-corrected chi connectivity index (χ2v) is 5.42. The van der Waals surface area contributed by atoms with E-state index in [2.05, 4.69) is 9.97 Å². The van der Waals surface area contributed by atoms with Gasteiger partial charge in [-0.2, -0.15) is 0 Å². The summed E-state index contributed by atoms with van der Waals surface area (Å²) in [4.78, 5) is 19.5. The van der Waals surface area contributed by atoms with Crippen LogP contribution in [0.15, 0.2) is 35.6 Å². The van der Waals surface area contributed by atoms with Crippen LogP contribution < -0.4 is 0 Å². The molecule has 1 aromatic heterocycles. The minimum atomic E-state index is -0.950. The maximum absolute atomic E-state index is 11.2. The fourth-order valence-corrected chi connectivity index (χ4v) is 2.87. The number of carboxylic acid groups (broad SMARTS) is 1. The Morgan fingerprint density at radius 3 is 2.79 bits per heavy atom. The van der Waals surface area contributed by atoms with E-state index in [1.807, 2.05) is 24.3 Å². The van der Waals surface area contributed by atoms with Gasteiger partial charge in [0.25, 0.3) is 0 Å². The number of para-hydroxylation sites is 1. The first kappa shape index (κ1) is 13.8. The zero-order valence-corrected chi connectivity index (χ0v) is 11.2. The van der Waals surface area contributed by atoms with Crippen molar-refractivity contribution >= 4 is 28.6 Å².